The second-order valence-corrected chi connectivity index (χ2v) is 5.86. The number of nitrogens with one attached hydrogen (secondary N) is 2. The van der Waals surface area contributed by atoms with Gasteiger partial charge in [-0.1, -0.05) is 29.8 Å². The minimum atomic E-state index is -3.54. The lowest BCUT2D eigenvalue weighted by molar-refractivity contribution is 0.562. The molecule has 0 aliphatic rings. The molecule has 18 heavy (non-hydrogen) atoms. The molecule has 1 unspecified atom stereocenters. The number of benzene rings is 1. The van der Waals surface area contributed by atoms with E-state index in [4.69, 9.17) is 0 Å². The van der Waals surface area contributed by atoms with Gasteiger partial charge in [-0.3, -0.25) is 5.10 Å². The maximum atomic E-state index is 12.0. The van der Waals surface area contributed by atoms with E-state index < -0.39 is 10.0 Å². The van der Waals surface area contributed by atoms with E-state index in [2.05, 4.69) is 14.9 Å². The molecule has 0 saturated carbocycles. The second kappa shape index (κ2) is 4.91. The Morgan fingerprint density at radius 1 is 1.22 bits per heavy atom. The Labute approximate surface area is 106 Å². The molecular formula is C12H15N3O2S. The standard InChI is InChI=1S/C12H15N3O2S/c1-9-3-5-11(6-4-9)10(2)15-18(16,17)12-7-8-13-14-12/h3-8,10,15H,1-2H3,(H,13,14). The molecule has 0 fully saturated rings. The average Bonchev–Trinajstić information content (AvgIpc) is 2.83. The summed E-state index contributed by atoms with van der Waals surface area (Å²) in [5, 5.41) is 6.15. The average molecular weight is 265 g/mol. The molecule has 6 heteroatoms. The molecule has 0 saturated heterocycles. The predicted molar refractivity (Wildman–Crippen MR) is 68.5 cm³/mol. The predicted octanol–water partition coefficient (Wildman–Crippen LogP) is 1.76. The molecule has 0 radical (unpaired) electrons. The Hall–Kier alpha value is -1.66. The van der Waals surface area contributed by atoms with Gasteiger partial charge >= 0.3 is 0 Å². The highest BCUT2D eigenvalue weighted by atomic mass is 32.2. The zero-order valence-corrected chi connectivity index (χ0v) is 11.0. The van der Waals surface area contributed by atoms with E-state index >= 15 is 0 Å². The van der Waals surface area contributed by atoms with Crippen LogP contribution in [0.5, 0.6) is 0 Å². The van der Waals surface area contributed by atoms with Crippen molar-refractivity contribution in [3.8, 4) is 0 Å². The van der Waals surface area contributed by atoms with Crippen molar-refractivity contribution in [3.05, 3.63) is 47.7 Å². The third-order valence-corrected chi connectivity index (χ3v) is 4.14. The molecule has 2 rings (SSSR count). The van der Waals surface area contributed by atoms with Gasteiger partial charge in [-0.15, -0.1) is 0 Å². The van der Waals surface area contributed by atoms with E-state index in [0.29, 0.717) is 0 Å². The first-order chi connectivity index (χ1) is 8.49. The van der Waals surface area contributed by atoms with E-state index in [1.165, 1.54) is 12.3 Å². The summed E-state index contributed by atoms with van der Waals surface area (Å²) in [6, 6.07) is 8.86. The lowest BCUT2D eigenvalue weighted by Gasteiger charge is -2.13. The van der Waals surface area contributed by atoms with Gasteiger partial charge in [0.25, 0.3) is 10.0 Å². The Morgan fingerprint density at radius 3 is 2.44 bits per heavy atom. The number of sulfonamides is 1. The van der Waals surface area contributed by atoms with Crippen LogP contribution >= 0.6 is 0 Å². The first-order valence-electron chi connectivity index (χ1n) is 5.57. The molecule has 1 heterocycles. The van der Waals surface area contributed by atoms with Crippen molar-refractivity contribution in [1.82, 2.24) is 14.9 Å². The van der Waals surface area contributed by atoms with Gasteiger partial charge in [0.05, 0.1) is 6.20 Å². The highest BCUT2D eigenvalue weighted by Gasteiger charge is 2.19. The summed E-state index contributed by atoms with van der Waals surface area (Å²) in [6.07, 6.45) is 1.41. The maximum absolute atomic E-state index is 12.0. The van der Waals surface area contributed by atoms with Gasteiger partial charge in [0.15, 0.2) is 5.03 Å². The van der Waals surface area contributed by atoms with Crippen LogP contribution in [0.3, 0.4) is 0 Å². The number of aryl methyl sites for hydroxylation is 1. The molecule has 1 aromatic carbocycles. The molecule has 0 spiro atoms. The minimum absolute atomic E-state index is 0.0708. The number of H-pyrrole nitrogens is 1. The number of nitrogens with zero attached hydrogens (tertiary/aromatic N) is 1. The summed E-state index contributed by atoms with van der Waals surface area (Å²) in [5.74, 6) is 0. The van der Waals surface area contributed by atoms with Crippen molar-refractivity contribution < 1.29 is 8.42 Å². The van der Waals surface area contributed by atoms with Crippen LogP contribution in [0.4, 0.5) is 0 Å². The molecule has 5 nitrogen and oxygen atoms in total. The van der Waals surface area contributed by atoms with Crippen LogP contribution in [0.2, 0.25) is 0 Å². The van der Waals surface area contributed by atoms with Crippen molar-refractivity contribution in [3.63, 3.8) is 0 Å². The minimum Gasteiger partial charge on any atom is -0.266 e. The fraction of sp³-hybridized carbons (Fsp3) is 0.250. The van der Waals surface area contributed by atoms with Gasteiger partial charge < -0.3 is 0 Å². The molecule has 0 aliphatic heterocycles. The zero-order chi connectivity index (χ0) is 13.2. The molecule has 0 aliphatic carbocycles. The number of rotatable bonds is 4. The second-order valence-electron chi connectivity index (χ2n) is 4.17. The fourth-order valence-electron chi connectivity index (χ4n) is 1.61. The molecule has 96 valence electrons. The largest absolute Gasteiger partial charge is 0.266 e. The molecule has 0 bridgehead atoms. The van der Waals surface area contributed by atoms with E-state index in [9.17, 15) is 8.42 Å². The molecule has 1 aromatic heterocycles. The molecule has 1 atom stereocenters. The van der Waals surface area contributed by atoms with Crippen molar-refractivity contribution in [2.45, 2.75) is 24.9 Å². The van der Waals surface area contributed by atoms with Crippen LogP contribution in [0.1, 0.15) is 24.1 Å². The molecule has 0 amide bonds. The summed E-state index contributed by atoms with van der Waals surface area (Å²) in [6.45, 7) is 3.79. The van der Waals surface area contributed by atoms with Crippen molar-refractivity contribution >= 4 is 10.0 Å². The van der Waals surface area contributed by atoms with Gasteiger partial charge in [0.2, 0.25) is 0 Å². The zero-order valence-electron chi connectivity index (χ0n) is 10.2. The van der Waals surface area contributed by atoms with E-state index in [0.717, 1.165) is 11.1 Å². The Morgan fingerprint density at radius 2 is 1.89 bits per heavy atom. The maximum Gasteiger partial charge on any atom is 0.258 e. The third kappa shape index (κ3) is 2.77. The molecular weight excluding hydrogens is 250 g/mol. The van der Waals surface area contributed by atoms with Crippen LogP contribution in [0.25, 0.3) is 0 Å². The Kier molecular flexibility index (Phi) is 3.49. The van der Waals surface area contributed by atoms with Gasteiger partial charge in [-0.25, -0.2) is 13.1 Å². The number of aromatic nitrogens is 2. The first kappa shape index (κ1) is 12.8. The lowest BCUT2D eigenvalue weighted by atomic mass is 10.1. The number of hydrogen-bond donors (Lipinski definition) is 2. The van der Waals surface area contributed by atoms with E-state index in [-0.39, 0.29) is 11.1 Å². The molecule has 2 N–H and O–H groups in total. The molecule has 2 aromatic rings. The van der Waals surface area contributed by atoms with E-state index in [1.807, 2.05) is 31.2 Å². The van der Waals surface area contributed by atoms with Crippen molar-refractivity contribution in [2.24, 2.45) is 0 Å². The quantitative estimate of drug-likeness (QED) is 0.884. The summed E-state index contributed by atoms with van der Waals surface area (Å²) in [4.78, 5) is 0. The van der Waals surface area contributed by atoms with E-state index in [1.54, 1.807) is 6.92 Å². The highest BCUT2D eigenvalue weighted by molar-refractivity contribution is 7.89. The normalized spacial score (nSPS) is 13.4. The Bertz CT molecular complexity index is 603. The summed E-state index contributed by atoms with van der Waals surface area (Å²) < 4.78 is 26.5. The SMILES string of the molecule is Cc1ccc(C(C)NS(=O)(=O)c2ccn[nH]2)cc1. The first-order valence-corrected chi connectivity index (χ1v) is 7.05. The number of hydrogen-bond acceptors (Lipinski definition) is 3. The summed E-state index contributed by atoms with van der Waals surface area (Å²) >= 11 is 0. The van der Waals surface area contributed by atoms with Gasteiger partial charge in [0, 0.05) is 6.04 Å². The van der Waals surface area contributed by atoms with Gasteiger partial charge in [-0.05, 0) is 25.5 Å². The third-order valence-electron chi connectivity index (χ3n) is 2.67. The lowest BCUT2D eigenvalue weighted by Crippen LogP contribution is -2.27. The van der Waals surface area contributed by atoms with Crippen LogP contribution in [-0.2, 0) is 10.0 Å². The van der Waals surface area contributed by atoms with Crippen LogP contribution in [0.15, 0.2) is 41.6 Å². The van der Waals surface area contributed by atoms with Gasteiger partial charge in [0.1, 0.15) is 0 Å². The number of aromatic amines is 1. The van der Waals surface area contributed by atoms with Crippen LogP contribution in [0, 0.1) is 6.92 Å². The smallest absolute Gasteiger partial charge is 0.258 e. The van der Waals surface area contributed by atoms with Crippen LogP contribution in [-0.4, -0.2) is 18.6 Å². The van der Waals surface area contributed by atoms with Crippen LogP contribution < -0.4 is 4.72 Å². The monoisotopic (exact) mass is 265 g/mol. The summed E-state index contributed by atoms with van der Waals surface area (Å²) in [7, 11) is -3.54. The summed E-state index contributed by atoms with van der Waals surface area (Å²) in [5.41, 5.74) is 2.06. The fourth-order valence-corrected chi connectivity index (χ4v) is 2.75. The Balaban J connectivity index is 2.17. The topological polar surface area (TPSA) is 74.8 Å². The van der Waals surface area contributed by atoms with Gasteiger partial charge in [-0.2, -0.15) is 5.10 Å². The van der Waals surface area contributed by atoms with Crippen molar-refractivity contribution in [1.29, 1.82) is 0 Å². The van der Waals surface area contributed by atoms with Crippen molar-refractivity contribution in [2.75, 3.05) is 0 Å². The highest BCUT2D eigenvalue weighted by Crippen LogP contribution is 2.16.